The van der Waals surface area contributed by atoms with Gasteiger partial charge in [0.25, 0.3) is 0 Å². The van der Waals surface area contributed by atoms with Crippen LogP contribution in [0.2, 0.25) is 0 Å². The van der Waals surface area contributed by atoms with E-state index in [-0.39, 0.29) is 43.1 Å². The maximum Gasteiger partial charge on any atom is 0.338 e. The van der Waals surface area contributed by atoms with E-state index < -0.39 is 5.97 Å². The average Bonchev–Trinajstić information content (AvgIpc) is 3.50. The van der Waals surface area contributed by atoms with E-state index in [1.54, 1.807) is 24.3 Å². The standard InChI is InChI=1S/C31H35N3O5.2ClH/c35-29(34-14-3-4-15-34)23-33-18-16-32(17-19-33)20-21-38-31(37)25-10-12-27(13-11-25)39-30(36)22-26-8-5-7-24-6-1-2-9-28(24)26;;/h1-2,5-13H,3-4,14-23H2;2*1H. The number of carbonyl (C=O) groups excluding carboxylic acids is 3. The van der Waals surface area contributed by atoms with Gasteiger partial charge in [-0.05, 0) is 53.4 Å². The first-order chi connectivity index (χ1) is 19.0. The first-order valence-corrected chi connectivity index (χ1v) is 13.7. The van der Waals surface area contributed by atoms with Crippen molar-refractivity contribution in [2.45, 2.75) is 19.3 Å². The molecule has 220 valence electrons. The number of rotatable bonds is 9. The minimum absolute atomic E-state index is 0. The Morgan fingerprint density at radius 1 is 0.732 bits per heavy atom. The van der Waals surface area contributed by atoms with Crippen LogP contribution in [0.5, 0.6) is 5.75 Å². The van der Waals surface area contributed by atoms with Gasteiger partial charge in [-0.2, -0.15) is 0 Å². The number of nitrogens with zero attached hydrogens (tertiary/aromatic N) is 3. The second-order valence-electron chi connectivity index (χ2n) is 10.2. The lowest BCUT2D eigenvalue weighted by atomic mass is 10.0. The topological polar surface area (TPSA) is 79.4 Å². The molecule has 0 saturated carbocycles. The maximum atomic E-state index is 12.5. The number of likely N-dealkylation sites (tertiary alicyclic amines) is 1. The number of esters is 2. The molecule has 0 bridgehead atoms. The zero-order valence-corrected chi connectivity index (χ0v) is 24.7. The molecule has 3 aromatic carbocycles. The van der Waals surface area contributed by atoms with Crippen LogP contribution in [0.3, 0.4) is 0 Å². The second kappa shape index (κ2) is 15.7. The summed E-state index contributed by atoms with van der Waals surface area (Å²) in [6, 6.07) is 20.3. The van der Waals surface area contributed by atoms with E-state index >= 15 is 0 Å². The number of hydrogen-bond acceptors (Lipinski definition) is 7. The van der Waals surface area contributed by atoms with Crippen LogP contribution in [0.25, 0.3) is 10.8 Å². The largest absolute Gasteiger partial charge is 0.461 e. The van der Waals surface area contributed by atoms with Gasteiger partial charge in [-0.3, -0.25) is 19.4 Å². The second-order valence-corrected chi connectivity index (χ2v) is 10.2. The highest BCUT2D eigenvalue weighted by atomic mass is 35.5. The Morgan fingerprint density at radius 2 is 1.39 bits per heavy atom. The summed E-state index contributed by atoms with van der Waals surface area (Å²) in [5.41, 5.74) is 1.32. The third-order valence-corrected chi connectivity index (χ3v) is 7.46. The van der Waals surface area contributed by atoms with Gasteiger partial charge in [0, 0.05) is 45.8 Å². The molecule has 41 heavy (non-hydrogen) atoms. The van der Waals surface area contributed by atoms with Crippen LogP contribution < -0.4 is 4.74 Å². The van der Waals surface area contributed by atoms with E-state index in [0.29, 0.717) is 31.0 Å². The fraction of sp³-hybridized carbons (Fsp3) is 0.387. The van der Waals surface area contributed by atoms with Crippen molar-refractivity contribution in [3.8, 4) is 5.75 Å². The summed E-state index contributed by atoms with van der Waals surface area (Å²) < 4.78 is 11.0. The fourth-order valence-corrected chi connectivity index (χ4v) is 5.21. The highest BCUT2D eigenvalue weighted by molar-refractivity contribution is 5.90. The highest BCUT2D eigenvalue weighted by Crippen LogP contribution is 2.20. The van der Waals surface area contributed by atoms with Gasteiger partial charge in [0.1, 0.15) is 12.4 Å². The summed E-state index contributed by atoms with van der Waals surface area (Å²) >= 11 is 0. The van der Waals surface area contributed by atoms with Crippen molar-refractivity contribution >= 4 is 53.4 Å². The van der Waals surface area contributed by atoms with Crippen molar-refractivity contribution < 1.29 is 23.9 Å². The van der Waals surface area contributed by atoms with E-state index in [1.165, 1.54) is 0 Å². The lowest BCUT2D eigenvalue weighted by molar-refractivity contribution is -0.133. The Hall–Kier alpha value is -3.17. The predicted molar refractivity (Wildman–Crippen MR) is 163 cm³/mol. The number of halogens is 2. The van der Waals surface area contributed by atoms with E-state index in [0.717, 1.165) is 68.4 Å². The molecule has 3 aromatic rings. The molecule has 1 amide bonds. The maximum absolute atomic E-state index is 12.5. The van der Waals surface area contributed by atoms with Crippen molar-refractivity contribution in [3.63, 3.8) is 0 Å². The average molecular weight is 603 g/mol. The normalized spacial score (nSPS) is 15.6. The van der Waals surface area contributed by atoms with E-state index in [2.05, 4.69) is 9.80 Å². The van der Waals surface area contributed by atoms with Crippen molar-refractivity contribution in [1.82, 2.24) is 14.7 Å². The highest BCUT2D eigenvalue weighted by Gasteiger charge is 2.23. The van der Waals surface area contributed by atoms with Gasteiger partial charge in [0.15, 0.2) is 0 Å². The molecular weight excluding hydrogens is 565 g/mol. The Labute approximate surface area is 253 Å². The lowest BCUT2D eigenvalue weighted by Gasteiger charge is -2.34. The number of hydrogen-bond donors (Lipinski definition) is 0. The predicted octanol–water partition coefficient (Wildman–Crippen LogP) is 4.23. The molecule has 0 N–H and O–H groups in total. The SMILES string of the molecule is Cl.Cl.O=C(Cc1cccc2ccccc12)Oc1ccc(C(=O)OCCN2CCN(CC(=O)N3CCCC3)CC2)cc1. The van der Waals surface area contributed by atoms with Gasteiger partial charge in [-0.25, -0.2) is 4.79 Å². The fourth-order valence-electron chi connectivity index (χ4n) is 5.21. The summed E-state index contributed by atoms with van der Waals surface area (Å²) in [5.74, 6) is -0.140. The monoisotopic (exact) mass is 601 g/mol. The molecule has 2 fully saturated rings. The van der Waals surface area contributed by atoms with Crippen molar-refractivity contribution in [2.24, 2.45) is 0 Å². The van der Waals surface area contributed by atoms with Crippen LogP contribution in [0, 0.1) is 0 Å². The molecule has 2 aliphatic rings. The number of fused-ring (bicyclic) bond motifs is 1. The summed E-state index contributed by atoms with van der Waals surface area (Å²) in [5, 5.41) is 2.11. The summed E-state index contributed by atoms with van der Waals surface area (Å²) in [7, 11) is 0. The lowest BCUT2D eigenvalue weighted by Crippen LogP contribution is -2.50. The number of carbonyl (C=O) groups is 3. The quantitative estimate of drug-likeness (QED) is 0.268. The zero-order chi connectivity index (χ0) is 27.0. The summed E-state index contributed by atoms with van der Waals surface area (Å²) in [4.78, 5) is 43.8. The van der Waals surface area contributed by atoms with Gasteiger partial charge in [0.05, 0.1) is 18.5 Å². The third kappa shape index (κ3) is 8.91. The van der Waals surface area contributed by atoms with Gasteiger partial charge in [-0.15, -0.1) is 24.8 Å². The van der Waals surface area contributed by atoms with Gasteiger partial charge in [0.2, 0.25) is 5.91 Å². The van der Waals surface area contributed by atoms with Gasteiger partial charge < -0.3 is 14.4 Å². The molecule has 0 spiro atoms. The number of piperazine rings is 1. The smallest absolute Gasteiger partial charge is 0.338 e. The van der Waals surface area contributed by atoms with Crippen LogP contribution >= 0.6 is 24.8 Å². The molecule has 10 heteroatoms. The van der Waals surface area contributed by atoms with Crippen molar-refractivity contribution in [2.75, 3.05) is 59.0 Å². The molecule has 5 rings (SSSR count). The Balaban J connectivity index is 0.00000231. The van der Waals surface area contributed by atoms with Crippen LogP contribution in [0.4, 0.5) is 0 Å². The van der Waals surface area contributed by atoms with E-state index in [1.807, 2.05) is 47.4 Å². The molecule has 2 aliphatic heterocycles. The van der Waals surface area contributed by atoms with Crippen molar-refractivity contribution in [1.29, 1.82) is 0 Å². The Morgan fingerprint density at radius 3 is 2.12 bits per heavy atom. The van der Waals surface area contributed by atoms with Crippen LogP contribution in [0.1, 0.15) is 28.8 Å². The molecule has 0 aromatic heterocycles. The minimum Gasteiger partial charge on any atom is -0.461 e. The molecular formula is C31H37Cl2N3O5. The molecule has 2 saturated heterocycles. The van der Waals surface area contributed by atoms with Gasteiger partial charge in [-0.1, -0.05) is 42.5 Å². The first kappa shape index (κ1) is 32.3. The number of ether oxygens (including phenoxy) is 2. The van der Waals surface area contributed by atoms with Crippen molar-refractivity contribution in [3.05, 3.63) is 77.9 Å². The third-order valence-electron chi connectivity index (χ3n) is 7.46. The summed E-state index contributed by atoms with van der Waals surface area (Å²) in [6.45, 7) is 6.62. The molecule has 0 unspecified atom stereocenters. The van der Waals surface area contributed by atoms with Gasteiger partial charge >= 0.3 is 11.9 Å². The molecule has 0 atom stereocenters. The number of amides is 1. The molecule has 8 nitrogen and oxygen atoms in total. The van der Waals surface area contributed by atoms with Crippen LogP contribution in [-0.2, 0) is 20.7 Å². The molecule has 0 aliphatic carbocycles. The zero-order valence-electron chi connectivity index (χ0n) is 23.0. The Kier molecular flexibility index (Phi) is 12.4. The van der Waals surface area contributed by atoms with E-state index in [4.69, 9.17) is 9.47 Å². The first-order valence-electron chi connectivity index (χ1n) is 13.7. The molecule has 0 radical (unpaired) electrons. The minimum atomic E-state index is -0.404. The number of benzene rings is 3. The molecule has 2 heterocycles. The van der Waals surface area contributed by atoms with E-state index in [9.17, 15) is 14.4 Å². The van der Waals surface area contributed by atoms with Crippen LogP contribution in [0.15, 0.2) is 66.7 Å². The van der Waals surface area contributed by atoms with Crippen LogP contribution in [-0.4, -0.2) is 91.5 Å². The Bertz CT molecular complexity index is 1300. The summed E-state index contributed by atoms with van der Waals surface area (Å²) in [6.07, 6.45) is 2.39.